The molecule has 2 N–H and O–H groups in total. The summed E-state index contributed by atoms with van der Waals surface area (Å²) in [5.41, 5.74) is 7.53. The predicted molar refractivity (Wildman–Crippen MR) is 64.1 cm³/mol. The number of anilines is 1. The number of rotatable bonds is 4. The molecular weight excluding hydrogens is 246 g/mol. The van der Waals surface area contributed by atoms with Crippen LogP contribution in [0.1, 0.15) is 6.42 Å². The molecule has 1 aromatic heterocycles. The monoisotopic (exact) mass is 256 g/mol. The summed E-state index contributed by atoms with van der Waals surface area (Å²) >= 11 is 1.30. The number of hydrogen-bond donors (Lipinski definition) is 1. The van der Waals surface area contributed by atoms with Gasteiger partial charge in [0.1, 0.15) is 5.52 Å². The van der Waals surface area contributed by atoms with Gasteiger partial charge in [0.25, 0.3) is 11.3 Å². The molecule has 3 nitrogen and oxygen atoms in total. The van der Waals surface area contributed by atoms with Crippen molar-refractivity contribution in [2.75, 3.05) is 11.5 Å². The van der Waals surface area contributed by atoms with Crippen LogP contribution in [0.5, 0.6) is 0 Å². The molecule has 2 rings (SSSR count). The van der Waals surface area contributed by atoms with Gasteiger partial charge in [0.15, 0.2) is 5.58 Å². The van der Waals surface area contributed by atoms with Crippen LogP contribution in [0.3, 0.4) is 0 Å². The number of nitrogens with zero attached hydrogens (tertiary/aromatic N) is 1. The van der Waals surface area contributed by atoms with Crippen molar-refractivity contribution in [1.82, 2.24) is 4.98 Å². The van der Waals surface area contributed by atoms with E-state index in [1.54, 1.807) is 18.2 Å². The average Bonchev–Trinajstić information content (AvgIpc) is 2.66. The lowest BCUT2D eigenvalue weighted by Crippen LogP contribution is -1.81. The first-order valence-corrected chi connectivity index (χ1v) is 5.94. The molecule has 1 heterocycles. The molecule has 17 heavy (non-hydrogen) atoms. The zero-order chi connectivity index (χ0) is 12.3. The van der Waals surface area contributed by atoms with Crippen molar-refractivity contribution >= 4 is 28.5 Å². The van der Waals surface area contributed by atoms with Crippen molar-refractivity contribution in [3.05, 3.63) is 30.4 Å². The topological polar surface area (TPSA) is 52.0 Å². The van der Waals surface area contributed by atoms with E-state index in [2.05, 4.69) is 4.98 Å². The van der Waals surface area contributed by atoms with Crippen LogP contribution < -0.4 is 5.73 Å². The van der Waals surface area contributed by atoms with E-state index in [-0.39, 0.29) is 6.42 Å². The lowest BCUT2D eigenvalue weighted by molar-refractivity contribution is 0.418. The Hall–Kier alpha value is -1.56. The Labute approximate surface area is 101 Å². The zero-order valence-electron chi connectivity index (χ0n) is 8.82. The number of aromatic nitrogens is 1. The van der Waals surface area contributed by atoms with Gasteiger partial charge in [-0.25, -0.2) is 4.98 Å². The molecule has 6 heteroatoms. The molecule has 0 aliphatic carbocycles. The second-order valence-corrected chi connectivity index (χ2v) is 4.38. The Kier molecular flexibility index (Phi) is 3.63. The summed E-state index contributed by atoms with van der Waals surface area (Å²) in [5.74, 6) is 0.500. The fraction of sp³-hybridized carbons (Fsp3) is 0.182. The standard InChI is InChI=1S/C11H10F2N2OS/c12-10(13)2-1-5-17-11-15-8-4-3-7(14)6-9(8)16-11/h2-4,6H,1,5,14H2. The Balaban J connectivity index is 2.02. The van der Waals surface area contributed by atoms with Crippen LogP contribution in [0.15, 0.2) is 40.0 Å². The van der Waals surface area contributed by atoms with Crippen LogP contribution >= 0.6 is 11.8 Å². The summed E-state index contributed by atoms with van der Waals surface area (Å²) in [5, 5.41) is 0.471. The van der Waals surface area contributed by atoms with Gasteiger partial charge < -0.3 is 10.2 Å². The summed E-state index contributed by atoms with van der Waals surface area (Å²) in [6, 6.07) is 5.19. The molecule has 0 radical (unpaired) electrons. The van der Waals surface area contributed by atoms with Gasteiger partial charge in [-0.1, -0.05) is 11.8 Å². The fourth-order valence-electron chi connectivity index (χ4n) is 1.30. The number of oxazole rings is 1. The molecule has 90 valence electrons. The lowest BCUT2D eigenvalue weighted by atomic mass is 10.3. The van der Waals surface area contributed by atoms with Crippen molar-refractivity contribution in [2.24, 2.45) is 0 Å². The third-order valence-electron chi connectivity index (χ3n) is 2.03. The number of allylic oxidation sites excluding steroid dienone is 1. The van der Waals surface area contributed by atoms with E-state index in [9.17, 15) is 8.78 Å². The highest BCUT2D eigenvalue weighted by atomic mass is 32.2. The maximum atomic E-state index is 11.8. The number of thioether (sulfide) groups is 1. The van der Waals surface area contributed by atoms with E-state index >= 15 is 0 Å². The summed E-state index contributed by atoms with van der Waals surface area (Å²) < 4.78 is 29.0. The smallest absolute Gasteiger partial charge is 0.266 e. The third kappa shape index (κ3) is 3.20. The summed E-state index contributed by atoms with van der Waals surface area (Å²) in [4.78, 5) is 4.20. The minimum absolute atomic E-state index is 0.286. The number of fused-ring (bicyclic) bond motifs is 1. The van der Waals surface area contributed by atoms with E-state index in [0.717, 1.165) is 6.08 Å². The molecule has 0 saturated carbocycles. The number of hydrogen-bond acceptors (Lipinski definition) is 4. The second kappa shape index (κ2) is 5.18. The highest BCUT2D eigenvalue weighted by molar-refractivity contribution is 7.99. The Morgan fingerprint density at radius 2 is 2.29 bits per heavy atom. The van der Waals surface area contributed by atoms with Gasteiger partial charge in [-0.15, -0.1) is 0 Å². The second-order valence-electron chi connectivity index (χ2n) is 3.34. The first-order chi connectivity index (χ1) is 8.15. The maximum Gasteiger partial charge on any atom is 0.266 e. The molecule has 0 saturated heterocycles. The SMILES string of the molecule is Nc1ccc2nc(SCCC=C(F)F)oc2c1. The Morgan fingerprint density at radius 1 is 1.47 bits per heavy atom. The molecular formula is C11H10F2N2OS. The van der Waals surface area contributed by atoms with E-state index < -0.39 is 6.08 Å². The third-order valence-corrected chi connectivity index (χ3v) is 2.90. The number of halogens is 2. The van der Waals surface area contributed by atoms with E-state index in [1.165, 1.54) is 11.8 Å². The van der Waals surface area contributed by atoms with Crippen molar-refractivity contribution in [2.45, 2.75) is 11.6 Å². The summed E-state index contributed by atoms with van der Waals surface area (Å²) in [7, 11) is 0. The Bertz CT molecular complexity index is 549. The van der Waals surface area contributed by atoms with Crippen molar-refractivity contribution in [3.63, 3.8) is 0 Å². The van der Waals surface area contributed by atoms with E-state index in [0.29, 0.717) is 27.8 Å². The quantitative estimate of drug-likeness (QED) is 0.515. The van der Waals surface area contributed by atoms with Crippen LogP contribution in [0.2, 0.25) is 0 Å². The average molecular weight is 256 g/mol. The van der Waals surface area contributed by atoms with Crippen LogP contribution in [0, 0.1) is 0 Å². The molecule has 0 bridgehead atoms. The highest BCUT2D eigenvalue weighted by Crippen LogP contribution is 2.25. The molecule has 0 unspecified atom stereocenters. The fourth-order valence-corrected chi connectivity index (χ4v) is 2.02. The van der Waals surface area contributed by atoms with Gasteiger partial charge in [0.2, 0.25) is 0 Å². The van der Waals surface area contributed by atoms with Crippen LogP contribution in [0.4, 0.5) is 14.5 Å². The molecule has 0 spiro atoms. The van der Waals surface area contributed by atoms with E-state index in [4.69, 9.17) is 10.2 Å². The predicted octanol–water partition coefficient (Wildman–Crippen LogP) is 3.67. The van der Waals surface area contributed by atoms with Gasteiger partial charge in [-0.3, -0.25) is 0 Å². The molecule has 2 aromatic rings. The van der Waals surface area contributed by atoms with Gasteiger partial charge in [0, 0.05) is 17.5 Å². The lowest BCUT2D eigenvalue weighted by Gasteiger charge is -1.91. The largest absolute Gasteiger partial charge is 0.431 e. The molecule has 0 fully saturated rings. The minimum Gasteiger partial charge on any atom is -0.431 e. The van der Waals surface area contributed by atoms with Crippen molar-refractivity contribution in [1.29, 1.82) is 0 Å². The zero-order valence-corrected chi connectivity index (χ0v) is 9.64. The van der Waals surface area contributed by atoms with Gasteiger partial charge in [-0.05, 0) is 24.6 Å². The number of nitrogens with two attached hydrogens (primary N) is 1. The number of nitrogen functional groups attached to an aromatic ring is 1. The number of benzene rings is 1. The summed E-state index contributed by atoms with van der Waals surface area (Å²) in [6.45, 7) is 0. The van der Waals surface area contributed by atoms with Crippen LogP contribution in [-0.2, 0) is 0 Å². The molecule has 0 aliphatic rings. The van der Waals surface area contributed by atoms with Crippen LogP contribution in [-0.4, -0.2) is 10.7 Å². The minimum atomic E-state index is -1.66. The van der Waals surface area contributed by atoms with Crippen molar-refractivity contribution in [3.8, 4) is 0 Å². The first-order valence-electron chi connectivity index (χ1n) is 4.95. The van der Waals surface area contributed by atoms with Crippen LogP contribution in [0.25, 0.3) is 11.1 Å². The first kappa shape index (κ1) is 11.9. The molecule has 0 atom stereocenters. The van der Waals surface area contributed by atoms with E-state index in [1.807, 2.05) is 0 Å². The molecule has 0 amide bonds. The van der Waals surface area contributed by atoms with Gasteiger partial charge >= 0.3 is 0 Å². The van der Waals surface area contributed by atoms with Crippen molar-refractivity contribution < 1.29 is 13.2 Å². The Morgan fingerprint density at radius 3 is 3.06 bits per heavy atom. The van der Waals surface area contributed by atoms with Gasteiger partial charge in [-0.2, -0.15) is 8.78 Å². The normalized spacial score (nSPS) is 10.7. The molecule has 1 aromatic carbocycles. The molecule has 0 aliphatic heterocycles. The maximum absolute atomic E-state index is 11.8. The highest BCUT2D eigenvalue weighted by Gasteiger charge is 2.05. The van der Waals surface area contributed by atoms with Gasteiger partial charge in [0.05, 0.1) is 0 Å². The summed E-state index contributed by atoms with van der Waals surface area (Å²) in [6.07, 6.45) is -0.488.